The van der Waals surface area contributed by atoms with Crippen molar-refractivity contribution in [3.8, 4) is 0 Å². The van der Waals surface area contributed by atoms with Gasteiger partial charge >= 0.3 is 11.1 Å². The average molecular weight is 212 g/mol. The number of nitrogens with zero attached hydrogens (tertiary/aromatic N) is 3. The lowest BCUT2D eigenvalue weighted by Crippen LogP contribution is -2.39. The normalized spacial score (nSPS) is 10.9. The Kier molecular flexibility index (Phi) is 4.23. The number of rotatable bonds is 5. The van der Waals surface area contributed by atoms with Gasteiger partial charge in [-0.3, -0.25) is 14.2 Å². The monoisotopic (exact) mass is 212 g/mol. The fourth-order valence-electron chi connectivity index (χ4n) is 1.34. The van der Waals surface area contributed by atoms with Crippen LogP contribution in [0, 0.1) is 0 Å². The van der Waals surface area contributed by atoms with Crippen LogP contribution in [0.15, 0.2) is 15.9 Å². The Bertz CT molecular complexity index is 405. The van der Waals surface area contributed by atoms with E-state index < -0.39 is 11.1 Å². The third-order valence-corrected chi connectivity index (χ3v) is 2.37. The van der Waals surface area contributed by atoms with Crippen molar-refractivity contribution >= 4 is 0 Å². The Hall–Kier alpha value is -1.43. The van der Waals surface area contributed by atoms with Crippen molar-refractivity contribution < 1.29 is 0 Å². The van der Waals surface area contributed by atoms with E-state index in [-0.39, 0.29) is 0 Å². The first-order chi connectivity index (χ1) is 7.19. The van der Waals surface area contributed by atoms with Crippen LogP contribution in [0.4, 0.5) is 0 Å². The lowest BCUT2D eigenvalue weighted by atomic mass is 10.4. The molecule has 0 radical (unpaired) electrons. The van der Waals surface area contributed by atoms with Crippen molar-refractivity contribution in [1.29, 1.82) is 0 Å². The van der Waals surface area contributed by atoms with Crippen LogP contribution in [0.25, 0.3) is 0 Å². The van der Waals surface area contributed by atoms with Gasteiger partial charge in [-0.2, -0.15) is 5.10 Å². The van der Waals surface area contributed by atoms with E-state index in [1.807, 2.05) is 0 Å². The van der Waals surface area contributed by atoms with Gasteiger partial charge in [-0.25, -0.2) is 5.10 Å². The molecular weight excluding hydrogens is 196 g/mol. The molecule has 0 aliphatic carbocycles. The molecule has 1 rings (SSSR count). The van der Waals surface area contributed by atoms with Gasteiger partial charge in [-0.05, 0) is 13.1 Å². The van der Waals surface area contributed by atoms with Crippen molar-refractivity contribution in [2.45, 2.75) is 20.4 Å². The van der Waals surface area contributed by atoms with Gasteiger partial charge in [-0.15, -0.1) is 0 Å². The highest BCUT2D eigenvalue weighted by Gasteiger charge is 2.02. The summed E-state index contributed by atoms with van der Waals surface area (Å²) in [5.74, 6) is 0. The minimum absolute atomic E-state index is 0.497. The number of H-pyrrole nitrogens is 1. The number of aromatic nitrogens is 3. The zero-order valence-corrected chi connectivity index (χ0v) is 9.06. The first-order valence-corrected chi connectivity index (χ1v) is 5.05. The van der Waals surface area contributed by atoms with E-state index in [1.165, 1.54) is 10.9 Å². The summed E-state index contributed by atoms with van der Waals surface area (Å²) in [6, 6.07) is 0. The second-order valence-electron chi connectivity index (χ2n) is 3.21. The molecule has 0 aromatic carbocycles. The van der Waals surface area contributed by atoms with Gasteiger partial charge in [0.05, 0.1) is 0 Å². The Morgan fingerprint density at radius 3 is 2.67 bits per heavy atom. The molecule has 0 amide bonds. The first-order valence-electron chi connectivity index (χ1n) is 5.05. The topological polar surface area (TPSA) is 71.0 Å². The van der Waals surface area contributed by atoms with Crippen molar-refractivity contribution in [2.75, 3.05) is 19.6 Å². The fraction of sp³-hybridized carbons (Fsp3) is 0.667. The molecule has 6 nitrogen and oxygen atoms in total. The standard InChI is InChI=1S/C9H16N4O2/c1-3-12(4-2)5-6-13-7-10-11-8(14)9(13)15/h7H,3-6H2,1-2H3,(H,11,14). The summed E-state index contributed by atoms with van der Waals surface area (Å²) >= 11 is 0. The minimum atomic E-state index is -0.669. The van der Waals surface area contributed by atoms with Crippen molar-refractivity contribution in [3.63, 3.8) is 0 Å². The summed E-state index contributed by atoms with van der Waals surface area (Å²) < 4.78 is 1.33. The lowest BCUT2D eigenvalue weighted by molar-refractivity contribution is 0.288. The molecule has 0 saturated carbocycles. The van der Waals surface area contributed by atoms with Crippen LogP contribution in [0.1, 0.15) is 13.8 Å². The summed E-state index contributed by atoms with van der Waals surface area (Å²) in [6.45, 7) is 7.23. The fourth-order valence-corrected chi connectivity index (χ4v) is 1.34. The van der Waals surface area contributed by atoms with E-state index in [1.54, 1.807) is 0 Å². The molecule has 0 atom stereocenters. The smallest absolute Gasteiger partial charge is 0.302 e. The number of hydrogen-bond donors (Lipinski definition) is 1. The molecular formula is C9H16N4O2. The van der Waals surface area contributed by atoms with Crippen LogP contribution in [0.2, 0.25) is 0 Å². The van der Waals surface area contributed by atoms with Crippen molar-refractivity contribution in [1.82, 2.24) is 19.7 Å². The van der Waals surface area contributed by atoms with Crippen LogP contribution >= 0.6 is 0 Å². The Balaban J connectivity index is 2.70. The van der Waals surface area contributed by atoms with Gasteiger partial charge in [0.15, 0.2) is 0 Å². The van der Waals surface area contributed by atoms with E-state index in [4.69, 9.17) is 0 Å². The largest absolute Gasteiger partial charge is 0.330 e. The molecule has 0 fully saturated rings. The summed E-state index contributed by atoms with van der Waals surface area (Å²) in [5.41, 5.74) is -1.21. The summed E-state index contributed by atoms with van der Waals surface area (Å²) in [6.07, 6.45) is 1.35. The Morgan fingerprint density at radius 2 is 2.07 bits per heavy atom. The second kappa shape index (κ2) is 5.45. The number of aromatic amines is 1. The molecule has 15 heavy (non-hydrogen) atoms. The molecule has 0 unspecified atom stereocenters. The predicted molar refractivity (Wildman–Crippen MR) is 56.9 cm³/mol. The zero-order chi connectivity index (χ0) is 11.3. The van der Waals surface area contributed by atoms with E-state index in [9.17, 15) is 9.59 Å². The maximum Gasteiger partial charge on any atom is 0.330 e. The molecule has 1 aromatic heterocycles. The van der Waals surface area contributed by atoms with Crippen LogP contribution in [-0.2, 0) is 6.54 Å². The van der Waals surface area contributed by atoms with E-state index >= 15 is 0 Å². The maximum absolute atomic E-state index is 11.3. The summed E-state index contributed by atoms with van der Waals surface area (Å²) in [5, 5.41) is 5.68. The summed E-state index contributed by atoms with van der Waals surface area (Å²) in [4.78, 5) is 24.5. The van der Waals surface area contributed by atoms with Crippen LogP contribution in [-0.4, -0.2) is 39.3 Å². The zero-order valence-electron chi connectivity index (χ0n) is 9.06. The van der Waals surface area contributed by atoms with Gasteiger partial charge in [0, 0.05) is 13.1 Å². The first kappa shape index (κ1) is 11.6. The second-order valence-corrected chi connectivity index (χ2v) is 3.21. The molecule has 0 aliphatic heterocycles. The van der Waals surface area contributed by atoms with E-state index in [0.717, 1.165) is 19.6 Å². The average Bonchev–Trinajstić information content (AvgIpc) is 2.25. The van der Waals surface area contributed by atoms with Crippen LogP contribution in [0.3, 0.4) is 0 Å². The van der Waals surface area contributed by atoms with Gasteiger partial charge in [0.2, 0.25) is 0 Å². The SMILES string of the molecule is CCN(CC)CCn1cn[nH]c(=O)c1=O. The predicted octanol–water partition coefficient (Wildman–Crippen LogP) is -0.727. The van der Waals surface area contributed by atoms with Crippen LogP contribution < -0.4 is 11.1 Å². The number of hydrogen-bond acceptors (Lipinski definition) is 4. The van der Waals surface area contributed by atoms with E-state index in [0.29, 0.717) is 6.54 Å². The number of nitrogens with one attached hydrogen (secondary N) is 1. The lowest BCUT2D eigenvalue weighted by Gasteiger charge is -2.17. The van der Waals surface area contributed by atoms with Gasteiger partial charge in [-0.1, -0.05) is 13.8 Å². The minimum Gasteiger partial charge on any atom is -0.302 e. The van der Waals surface area contributed by atoms with Crippen molar-refractivity contribution in [2.24, 2.45) is 0 Å². The molecule has 6 heteroatoms. The van der Waals surface area contributed by atoms with E-state index in [2.05, 4.69) is 28.9 Å². The van der Waals surface area contributed by atoms with Crippen molar-refractivity contribution in [3.05, 3.63) is 27.0 Å². The molecule has 0 bridgehead atoms. The third-order valence-electron chi connectivity index (χ3n) is 2.37. The van der Waals surface area contributed by atoms with Gasteiger partial charge < -0.3 is 4.90 Å². The number of likely N-dealkylation sites (N-methyl/N-ethyl adjacent to an activating group) is 1. The molecule has 0 spiro atoms. The Morgan fingerprint density at radius 1 is 1.40 bits per heavy atom. The maximum atomic E-state index is 11.3. The quantitative estimate of drug-likeness (QED) is 0.653. The molecule has 0 aliphatic rings. The van der Waals surface area contributed by atoms with Crippen LogP contribution in [0.5, 0.6) is 0 Å². The van der Waals surface area contributed by atoms with Gasteiger partial charge in [0.1, 0.15) is 6.33 Å². The Labute approximate surface area is 87.5 Å². The highest BCUT2D eigenvalue weighted by atomic mass is 16.2. The highest BCUT2D eigenvalue weighted by Crippen LogP contribution is 1.87. The molecule has 0 saturated heterocycles. The molecule has 84 valence electrons. The summed E-state index contributed by atoms with van der Waals surface area (Å²) in [7, 11) is 0. The third kappa shape index (κ3) is 3.02. The molecule has 1 aromatic rings. The molecule has 1 heterocycles. The molecule has 1 N–H and O–H groups in total. The van der Waals surface area contributed by atoms with Gasteiger partial charge in [0.25, 0.3) is 0 Å². The highest BCUT2D eigenvalue weighted by molar-refractivity contribution is 4.74.